The van der Waals surface area contributed by atoms with Gasteiger partial charge in [-0.2, -0.15) is 0 Å². The van der Waals surface area contributed by atoms with Crippen LogP contribution in [-0.2, 0) is 16.6 Å². The number of aromatic nitrogens is 3. The third-order valence-corrected chi connectivity index (χ3v) is 6.62. The van der Waals surface area contributed by atoms with E-state index in [4.69, 9.17) is 0 Å². The predicted molar refractivity (Wildman–Crippen MR) is 130 cm³/mol. The Morgan fingerprint density at radius 2 is 1.74 bits per heavy atom. The van der Waals surface area contributed by atoms with Gasteiger partial charge in [-0.15, -0.1) is 10.2 Å². The molecule has 34 heavy (non-hydrogen) atoms. The highest BCUT2D eigenvalue weighted by Gasteiger charge is 2.28. The molecule has 4 rings (SSSR count). The van der Waals surface area contributed by atoms with Gasteiger partial charge < -0.3 is 20.1 Å². The maximum absolute atomic E-state index is 13.0. The number of hydrogen-bond donors (Lipinski definition) is 2. The number of thioether (sulfide) groups is 1. The maximum Gasteiger partial charge on any atom is 0.253 e. The summed E-state index contributed by atoms with van der Waals surface area (Å²) in [5.74, 6) is -0.249. The van der Waals surface area contributed by atoms with Crippen molar-refractivity contribution >= 4 is 40.9 Å². The molecule has 3 amide bonds. The molecule has 0 spiro atoms. The number of hydrogen-bond acceptors (Lipinski definition) is 6. The van der Waals surface area contributed by atoms with Crippen LogP contribution in [0.3, 0.4) is 0 Å². The van der Waals surface area contributed by atoms with Gasteiger partial charge in [-0.3, -0.25) is 14.4 Å². The Hall–Kier alpha value is -3.66. The van der Waals surface area contributed by atoms with Crippen LogP contribution in [0.15, 0.2) is 66.1 Å². The Morgan fingerprint density at radius 3 is 2.44 bits per heavy atom. The molecule has 0 bridgehead atoms. The number of benzene rings is 2. The average molecular weight is 479 g/mol. The van der Waals surface area contributed by atoms with Crippen LogP contribution in [0.25, 0.3) is 0 Å². The SMILES string of the molecule is Cn1cnnc1SCC(=O)Nc1cccc(C(=O)N2CCC(C(=O)Nc3ccccc3)CC2)c1. The average Bonchev–Trinajstić information content (AvgIpc) is 3.27. The number of para-hydroxylation sites is 1. The Labute approximate surface area is 201 Å². The van der Waals surface area contributed by atoms with Crippen molar-refractivity contribution in [2.75, 3.05) is 29.5 Å². The van der Waals surface area contributed by atoms with Gasteiger partial charge in [-0.1, -0.05) is 36.0 Å². The zero-order valence-corrected chi connectivity index (χ0v) is 19.6. The van der Waals surface area contributed by atoms with Crippen LogP contribution in [0.2, 0.25) is 0 Å². The minimum absolute atomic E-state index is 0.0119. The minimum Gasteiger partial charge on any atom is -0.339 e. The number of carbonyl (C=O) groups is 3. The van der Waals surface area contributed by atoms with E-state index in [0.717, 1.165) is 5.69 Å². The van der Waals surface area contributed by atoms with Crippen LogP contribution >= 0.6 is 11.8 Å². The summed E-state index contributed by atoms with van der Waals surface area (Å²) in [5.41, 5.74) is 1.84. The van der Waals surface area contributed by atoms with E-state index in [1.807, 2.05) is 37.4 Å². The van der Waals surface area contributed by atoms with Crippen molar-refractivity contribution in [3.05, 3.63) is 66.5 Å². The van der Waals surface area contributed by atoms with E-state index >= 15 is 0 Å². The molecule has 1 aromatic heterocycles. The van der Waals surface area contributed by atoms with Crippen molar-refractivity contribution in [1.82, 2.24) is 19.7 Å². The first-order valence-electron chi connectivity index (χ1n) is 11.0. The second kappa shape index (κ2) is 11.0. The van der Waals surface area contributed by atoms with E-state index in [1.54, 1.807) is 40.1 Å². The fourth-order valence-electron chi connectivity index (χ4n) is 3.75. The standard InChI is InChI=1S/C24H26N6O3S/c1-29-16-25-28-24(29)34-15-21(31)26-20-9-5-6-18(14-20)23(33)30-12-10-17(11-13-30)22(32)27-19-7-3-2-4-8-19/h2-9,14,16-17H,10-13,15H2,1H3,(H,26,31)(H,27,32). The van der Waals surface area contributed by atoms with Crippen molar-refractivity contribution < 1.29 is 14.4 Å². The summed E-state index contributed by atoms with van der Waals surface area (Å²) in [5, 5.41) is 14.2. The van der Waals surface area contributed by atoms with Gasteiger partial charge in [0.05, 0.1) is 5.75 Å². The summed E-state index contributed by atoms with van der Waals surface area (Å²) in [7, 11) is 1.81. The van der Waals surface area contributed by atoms with Crippen LogP contribution in [0, 0.1) is 5.92 Å². The van der Waals surface area contributed by atoms with Crippen molar-refractivity contribution in [3.63, 3.8) is 0 Å². The van der Waals surface area contributed by atoms with Gasteiger partial charge >= 0.3 is 0 Å². The topological polar surface area (TPSA) is 109 Å². The zero-order chi connectivity index (χ0) is 23.9. The molecule has 1 fully saturated rings. The van der Waals surface area contributed by atoms with Crippen molar-refractivity contribution in [2.45, 2.75) is 18.0 Å². The molecule has 0 unspecified atom stereocenters. The highest BCUT2D eigenvalue weighted by molar-refractivity contribution is 7.99. The van der Waals surface area contributed by atoms with E-state index in [2.05, 4.69) is 20.8 Å². The number of aryl methyl sites for hydroxylation is 1. The van der Waals surface area contributed by atoms with E-state index in [-0.39, 0.29) is 29.4 Å². The predicted octanol–water partition coefficient (Wildman–Crippen LogP) is 3.04. The molecule has 0 aliphatic carbocycles. The van der Waals surface area contributed by atoms with Gasteiger partial charge in [0.25, 0.3) is 5.91 Å². The number of carbonyl (C=O) groups excluding carboxylic acids is 3. The normalized spacial score (nSPS) is 14.0. The lowest BCUT2D eigenvalue weighted by atomic mass is 9.95. The molecule has 0 saturated carbocycles. The van der Waals surface area contributed by atoms with Crippen molar-refractivity contribution in [2.24, 2.45) is 13.0 Å². The Morgan fingerprint density at radius 1 is 1.00 bits per heavy atom. The quantitative estimate of drug-likeness (QED) is 0.505. The Kier molecular flexibility index (Phi) is 7.58. The largest absolute Gasteiger partial charge is 0.339 e. The third kappa shape index (κ3) is 6.02. The lowest BCUT2D eigenvalue weighted by Gasteiger charge is -2.31. The van der Waals surface area contributed by atoms with E-state index in [9.17, 15) is 14.4 Å². The Bertz CT molecular complexity index is 1160. The van der Waals surface area contributed by atoms with Gasteiger partial charge in [0, 0.05) is 43.0 Å². The van der Waals surface area contributed by atoms with Crippen molar-refractivity contribution in [3.8, 4) is 0 Å². The molecule has 2 aromatic carbocycles. The van der Waals surface area contributed by atoms with E-state index < -0.39 is 0 Å². The number of nitrogens with zero attached hydrogens (tertiary/aromatic N) is 4. The third-order valence-electron chi connectivity index (χ3n) is 5.59. The van der Waals surface area contributed by atoms with Gasteiger partial charge in [-0.25, -0.2) is 0 Å². The summed E-state index contributed by atoms with van der Waals surface area (Å²) in [6, 6.07) is 16.3. The summed E-state index contributed by atoms with van der Waals surface area (Å²) in [6.07, 6.45) is 2.80. The molecule has 1 saturated heterocycles. The lowest BCUT2D eigenvalue weighted by molar-refractivity contribution is -0.121. The first-order chi connectivity index (χ1) is 16.5. The van der Waals surface area contributed by atoms with Crippen LogP contribution in [0.5, 0.6) is 0 Å². The van der Waals surface area contributed by atoms with E-state index in [0.29, 0.717) is 42.3 Å². The molecule has 176 valence electrons. The number of rotatable bonds is 7. The maximum atomic E-state index is 13.0. The fourth-order valence-corrected chi connectivity index (χ4v) is 4.44. The molecule has 3 aromatic rings. The second-order valence-electron chi connectivity index (χ2n) is 8.06. The highest BCUT2D eigenvalue weighted by Crippen LogP contribution is 2.22. The molecule has 10 heteroatoms. The van der Waals surface area contributed by atoms with Gasteiger partial charge in [0.1, 0.15) is 6.33 Å². The molecule has 2 N–H and O–H groups in total. The first-order valence-corrected chi connectivity index (χ1v) is 12.0. The Balaban J connectivity index is 1.28. The molecular weight excluding hydrogens is 452 g/mol. The minimum atomic E-state index is -0.192. The number of anilines is 2. The van der Waals surface area contributed by atoms with Crippen LogP contribution in [0.4, 0.5) is 11.4 Å². The smallest absolute Gasteiger partial charge is 0.253 e. The van der Waals surface area contributed by atoms with Gasteiger partial charge in [0.2, 0.25) is 11.8 Å². The number of nitrogens with one attached hydrogen (secondary N) is 2. The van der Waals surface area contributed by atoms with Crippen LogP contribution in [0.1, 0.15) is 23.2 Å². The molecule has 9 nitrogen and oxygen atoms in total. The first kappa shape index (κ1) is 23.5. The van der Waals surface area contributed by atoms with Crippen LogP contribution < -0.4 is 10.6 Å². The molecular formula is C24H26N6O3S. The van der Waals surface area contributed by atoms with Gasteiger partial charge in [0.15, 0.2) is 5.16 Å². The lowest BCUT2D eigenvalue weighted by Crippen LogP contribution is -2.41. The van der Waals surface area contributed by atoms with Gasteiger partial charge in [-0.05, 0) is 43.2 Å². The second-order valence-corrected chi connectivity index (χ2v) is 9.01. The molecule has 2 heterocycles. The highest BCUT2D eigenvalue weighted by atomic mass is 32.2. The number of piperidine rings is 1. The monoisotopic (exact) mass is 478 g/mol. The van der Waals surface area contributed by atoms with E-state index in [1.165, 1.54) is 11.8 Å². The van der Waals surface area contributed by atoms with Crippen LogP contribution in [-0.4, -0.2) is 56.2 Å². The fraction of sp³-hybridized carbons (Fsp3) is 0.292. The summed E-state index contributed by atoms with van der Waals surface area (Å²) >= 11 is 1.29. The molecule has 0 atom stereocenters. The number of likely N-dealkylation sites (tertiary alicyclic amines) is 1. The zero-order valence-electron chi connectivity index (χ0n) is 18.8. The number of amides is 3. The molecule has 0 radical (unpaired) electrons. The van der Waals surface area contributed by atoms with Crippen molar-refractivity contribution in [1.29, 1.82) is 0 Å². The molecule has 1 aliphatic heterocycles. The molecule has 1 aliphatic rings. The summed E-state index contributed by atoms with van der Waals surface area (Å²) in [6.45, 7) is 1.02. The summed E-state index contributed by atoms with van der Waals surface area (Å²) < 4.78 is 1.74. The summed E-state index contributed by atoms with van der Waals surface area (Å²) in [4.78, 5) is 39.6.